The summed E-state index contributed by atoms with van der Waals surface area (Å²) in [5, 5.41) is 12.1. The van der Waals surface area contributed by atoms with Crippen LogP contribution in [0.25, 0.3) is 0 Å². The van der Waals surface area contributed by atoms with Crippen LogP contribution in [0.5, 0.6) is 0 Å². The smallest absolute Gasteiger partial charge is 0.277 e. The van der Waals surface area contributed by atoms with E-state index in [1.165, 1.54) is 13.1 Å². The van der Waals surface area contributed by atoms with Crippen LogP contribution in [-0.2, 0) is 9.59 Å². The van der Waals surface area contributed by atoms with Crippen molar-refractivity contribution in [1.82, 2.24) is 5.32 Å². The number of amides is 2. The van der Waals surface area contributed by atoms with Crippen molar-refractivity contribution in [1.29, 1.82) is 5.26 Å². The number of nitrogens with two attached hydrogens (primary N) is 1. The Balaban J connectivity index is 3.15. The molecular formula is C16H20N4O2. The molecule has 6 nitrogen and oxygen atoms in total. The fraction of sp³-hybridized carbons (Fsp3) is 0.312. The normalized spacial score (nSPS) is 11.5. The third kappa shape index (κ3) is 4.63. The minimum absolute atomic E-state index is 0.151. The van der Waals surface area contributed by atoms with Crippen LogP contribution in [0.3, 0.4) is 0 Å². The quantitative estimate of drug-likeness (QED) is 0.505. The molecule has 0 atom stereocenters. The van der Waals surface area contributed by atoms with Crippen LogP contribution in [-0.4, -0.2) is 17.4 Å². The molecule has 0 spiro atoms. The molecule has 1 aromatic carbocycles. The first-order chi connectivity index (χ1) is 10.2. The van der Waals surface area contributed by atoms with Gasteiger partial charge in [0.1, 0.15) is 11.6 Å². The first-order valence-corrected chi connectivity index (χ1v) is 6.74. The van der Waals surface area contributed by atoms with Gasteiger partial charge in [0.2, 0.25) is 5.91 Å². The Hall–Kier alpha value is -2.81. The summed E-state index contributed by atoms with van der Waals surface area (Å²) in [6, 6.07) is 8.10. The molecule has 0 aliphatic heterocycles. The summed E-state index contributed by atoms with van der Waals surface area (Å²) >= 11 is 0. The zero-order chi connectivity index (χ0) is 16.9. The van der Waals surface area contributed by atoms with E-state index in [2.05, 4.69) is 5.32 Å². The van der Waals surface area contributed by atoms with Gasteiger partial charge in [-0.15, -0.1) is 0 Å². The highest BCUT2D eigenvalue weighted by Crippen LogP contribution is 2.19. The average molecular weight is 300 g/mol. The van der Waals surface area contributed by atoms with Gasteiger partial charge in [-0.1, -0.05) is 0 Å². The van der Waals surface area contributed by atoms with Crippen LogP contribution in [0.4, 0.5) is 11.4 Å². The molecule has 0 heterocycles. The van der Waals surface area contributed by atoms with E-state index in [9.17, 15) is 14.9 Å². The number of anilines is 2. The number of nitrogens with zero attached hydrogens (tertiary/aromatic N) is 2. The molecule has 6 heteroatoms. The van der Waals surface area contributed by atoms with E-state index in [1.54, 1.807) is 24.3 Å². The molecule has 0 aliphatic rings. The summed E-state index contributed by atoms with van der Waals surface area (Å²) in [6.07, 6.45) is 1.33. The van der Waals surface area contributed by atoms with Crippen LogP contribution in [0, 0.1) is 11.3 Å². The van der Waals surface area contributed by atoms with Gasteiger partial charge in [-0.3, -0.25) is 9.59 Å². The predicted octanol–water partition coefficient (Wildman–Crippen LogP) is 1.94. The number of nitrogens with one attached hydrogen (secondary N) is 1. The number of rotatable bonds is 3. The second-order valence-electron chi connectivity index (χ2n) is 5.82. The number of carbonyl (C=O) groups excluding carboxylic acids is 2. The van der Waals surface area contributed by atoms with Crippen LogP contribution in [0.15, 0.2) is 36.0 Å². The van der Waals surface area contributed by atoms with E-state index < -0.39 is 11.8 Å². The molecule has 3 N–H and O–H groups in total. The zero-order valence-corrected chi connectivity index (χ0v) is 13.2. The highest BCUT2D eigenvalue weighted by atomic mass is 16.2. The molecule has 0 aromatic heterocycles. The highest BCUT2D eigenvalue weighted by molar-refractivity contribution is 6.21. The topological polar surface area (TPSA) is 99.2 Å². The molecule has 0 unspecified atom stereocenters. The van der Waals surface area contributed by atoms with Crippen molar-refractivity contribution in [3.05, 3.63) is 36.0 Å². The maximum atomic E-state index is 12.5. The van der Waals surface area contributed by atoms with Crippen LogP contribution in [0.1, 0.15) is 27.7 Å². The van der Waals surface area contributed by atoms with Gasteiger partial charge in [0.05, 0.1) is 5.69 Å². The summed E-state index contributed by atoms with van der Waals surface area (Å²) in [4.78, 5) is 25.2. The molecule has 0 fully saturated rings. The molecular weight excluding hydrogens is 280 g/mol. The van der Waals surface area contributed by atoms with Gasteiger partial charge in [-0.25, -0.2) is 4.90 Å². The van der Waals surface area contributed by atoms with Gasteiger partial charge in [0.25, 0.3) is 5.91 Å². The van der Waals surface area contributed by atoms with Gasteiger partial charge in [-0.05, 0) is 45.0 Å². The lowest BCUT2D eigenvalue weighted by atomic mass is 10.1. The fourth-order valence-electron chi connectivity index (χ4n) is 1.62. The SMILES string of the molecule is CC(=O)N(C(=O)/C(C#N)=C\NC(C)(C)C)c1ccc(N)cc1. The number of nitriles is 1. The monoisotopic (exact) mass is 300 g/mol. The maximum Gasteiger partial charge on any atom is 0.277 e. The summed E-state index contributed by atoms with van der Waals surface area (Å²) in [5.74, 6) is -1.16. The molecule has 0 saturated carbocycles. The first kappa shape index (κ1) is 17.2. The Morgan fingerprint density at radius 3 is 2.23 bits per heavy atom. The predicted molar refractivity (Wildman–Crippen MR) is 85.6 cm³/mol. The van der Waals surface area contributed by atoms with Crippen molar-refractivity contribution < 1.29 is 9.59 Å². The van der Waals surface area contributed by atoms with Crippen molar-refractivity contribution in [3.8, 4) is 6.07 Å². The first-order valence-electron chi connectivity index (χ1n) is 6.74. The van der Waals surface area contributed by atoms with E-state index in [4.69, 9.17) is 5.73 Å². The molecule has 116 valence electrons. The molecule has 22 heavy (non-hydrogen) atoms. The average Bonchev–Trinajstić information content (AvgIpc) is 2.40. The number of carbonyl (C=O) groups is 2. The molecule has 0 saturated heterocycles. The number of imide groups is 1. The van der Waals surface area contributed by atoms with E-state index in [-0.39, 0.29) is 11.1 Å². The minimum atomic E-state index is -0.684. The minimum Gasteiger partial charge on any atom is -0.399 e. The standard InChI is InChI=1S/C16H20N4O2/c1-11(21)20(14-7-5-13(18)6-8-14)15(22)12(9-17)10-19-16(2,3)4/h5-8,10,19H,18H2,1-4H3/b12-10-. The van der Waals surface area contributed by atoms with Crippen LogP contribution < -0.4 is 16.0 Å². The van der Waals surface area contributed by atoms with Crippen LogP contribution in [0.2, 0.25) is 0 Å². The van der Waals surface area contributed by atoms with Gasteiger partial charge in [-0.2, -0.15) is 5.26 Å². The molecule has 0 radical (unpaired) electrons. The summed E-state index contributed by atoms with van der Waals surface area (Å²) in [6.45, 7) is 6.95. The van der Waals surface area contributed by atoms with E-state index in [0.717, 1.165) is 4.90 Å². The van der Waals surface area contributed by atoms with E-state index in [0.29, 0.717) is 11.4 Å². The summed E-state index contributed by atoms with van der Waals surface area (Å²) < 4.78 is 0. The molecule has 0 bridgehead atoms. The van der Waals surface area contributed by atoms with Crippen molar-refractivity contribution in [2.75, 3.05) is 10.6 Å². The van der Waals surface area contributed by atoms with Crippen molar-refractivity contribution in [2.24, 2.45) is 0 Å². The largest absolute Gasteiger partial charge is 0.399 e. The van der Waals surface area contributed by atoms with E-state index >= 15 is 0 Å². The number of hydrogen-bond donors (Lipinski definition) is 2. The molecule has 2 amide bonds. The number of nitrogen functional groups attached to an aromatic ring is 1. The molecule has 1 aromatic rings. The molecule has 1 rings (SSSR count). The van der Waals surface area contributed by atoms with Gasteiger partial charge in [0.15, 0.2) is 0 Å². The van der Waals surface area contributed by atoms with Crippen molar-refractivity contribution in [3.63, 3.8) is 0 Å². The van der Waals surface area contributed by atoms with Crippen LogP contribution >= 0.6 is 0 Å². The number of benzene rings is 1. The Bertz CT molecular complexity index is 634. The summed E-state index contributed by atoms with van der Waals surface area (Å²) in [7, 11) is 0. The fourth-order valence-corrected chi connectivity index (χ4v) is 1.62. The highest BCUT2D eigenvalue weighted by Gasteiger charge is 2.24. The zero-order valence-electron chi connectivity index (χ0n) is 13.2. The summed E-state index contributed by atoms with van der Waals surface area (Å²) in [5.41, 5.74) is 6.03. The van der Waals surface area contributed by atoms with Gasteiger partial charge in [0, 0.05) is 24.4 Å². The molecule has 0 aliphatic carbocycles. The Morgan fingerprint density at radius 2 is 1.82 bits per heavy atom. The van der Waals surface area contributed by atoms with E-state index in [1.807, 2.05) is 26.8 Å². The second kappa shape index (κ2) is 6.76. The van der Waals surface area contributed by atoms with Gasteiger partial charge < -0.3 is 11.1 Å². The lowest BCUT2D eigenvalue weighted by Crippen LogP contribution is -2.38. The Morgan fingerprint density at radius 1 is 1.27 bits per heavy atom. The lowest BCUT2D eigenvalue weighted by Gasteiger charge is -2.21. The van der Waals surface area contributed by atoms with Crippen molar-refractivity contribution in [2.45, 2.75) is 33.2 Å². The Labute approximate surface area is 130 Å². The third-order valence-corrected chi connectivity index (χ3v) is 2.67. The van der Waals surface area contributed by atoms with Gasteiger partial charge >= 0.3 is 0 Å². The number of hydrogen-bond acceptors (Lipinski definition) is 5. The maximum absolute atomic E-state index is 12.5. The Kier molecular flexibility index (Phi) is 5.30. The van der Waals surface area contributed by atoms with Crippen molar-refractivity contribution >= 4 is 23.2 Å². The second-order valence-corrected chi connectivity index (χ2v) is 5.82. The lowest BCUT2D eigenvalue weighted by molar-refractivity contribution is -0.123. The third-order valence-electron chi connectivity index (χ3n) is 2.67.